The predicted octanol–water partition coefficient (Wildman–Crippen LogP) is 3.33. The zero-order valence-corrected chi connectivity index (χ0v) is 16.5. The van der Waals surface area contributed by atoms with Crippen molar-refractivity contribution in [2.45, 2.75) is 17.4 Å². The highest BCUT2D eigenvalue weighted by atomic mass is 32.3. The zero-order valence-electron chi connectivity index (χ0n) is 15.7. The minimum atomic E-state index is -3.25. The summed E-state index contributed by atoms with van der Waals surface area (Å²) in [6.07, 6.45) is 0.894. The van der Waals surface area contributed by atoms with Crippen molar-refractivity contribution in [3.8, 4) is 11.5 Å². The van der Waals surface area contributed by atoms with Crippen molar-refractivity contribution >= 4 is 16.7 Å². The van der Waals surface area contributed by atoms with Crippen molar-refractivity contribution in [2.75, 3.05) is 33.3 Å². The fourth-order valence-electron chi connectivity index (χ4n) is 3.70. The lowest BCUT2D eigenvalue weighted by Gasteiger charge is -2.37. The van der Waals surface area contributed by atoms with E-state index in [9.17, 15) is 13.9 Å². The second-order valence-electron chi connectivity index (χ2n) is 6.90. The van der Waals surface area contributed by atoms with E-state index in [-0.39, 0.29) is 18.6 Å². The molecule has 2 N–H and O–H groups in total. The van der Waals surface area contributed by atoms with Crippen molar-refractivity contribution in [1.82, 2.24) is 9.21 Å². The molecule has 1 amide bonds. The lowest BCUT2D eigenvalue weighted by atomic mass is 10.2. The van der Waals surface area contributed by atoms with E-state index in [0.717, 1.165) is 18.7 Å². The lowest BCUT2D eigenvalue weighted by Crippen LogP contribution is -2.36. The smallest absolute Gasteiger partial charge is 0.274 e. The summed E-state index contributed by atoms with van der Waals surface area (Å²) in [6, 6.07) is 14.2. The van der Waals surface area contributed by atoms with Crippen molar-refractivity contribution in [2.24, 2.45) is 0 Å². The number of hydrogen-bond donors (Lipinski definition) is 2. The van der Waals surface area contributed by atoms with Gasteiger partial charge in [0, 0.05) is 19.6 Å². The van der Waals surface area contributed by atoms with E-state index in [2.05, 4.69) is 4.90 Å². The third-order valence-corrected chi connectivity index (χ3v) is 7.07. The summed E-state index contributed by atoms with van der Waals surface area (Å²) in [5, 5.41) is 0. The molecule has 1 unspecified atom stereocenters. The molecule has 1 fully saturated rings. The minimum Gasteiger partial charge on any atom is -0.493 e. The van der Waals surface area contributed by atoms with Gasteiger partial charge in [0.2, 0.25) is 0 Å². The van der Waals surface area contributed by atoms with Crippen LogP contribution in [0.1, 0.15) is 16.8 Å². The number of carbonyl (C=O) groups excluding carboxylic acids is 1. The van der Waals surface area contributed by atoms with Crippen molar-refractivity contribution < 1.29 is 23.4 Å². The Kier molecular flexibility index (Phi) is 5.20. The molecule has 0 aliphatic carbocycles. The Morgan fingerprint density at radius 2 is 1.79 bits per heavy atom. The summed E-state index contributed by atoms with van der Waals surface area (Å²) >= 11 is 0. The highest BCUT2D eigenvalue weighted by molar-refractivity contribution is 8.23. The molecular weight excluding hydrogens is 380 g/mol. The van der Waals surface area contributed by atoms with Gasteiger partial charge in [-0.15, -0.1) is 0 Å². The van der Waals surface area contributed by atoms with Gasteiger partial charge in [0.05, 0.1) is 24.1 Å². The quantitative estimate of drug-likeness (QED) is 0.769. The van der Waals surface area contributed by atoms with E-state index in [0.29, 0.717) is 29.3 Å². The molecule has 0 saturated carbocycles. The van der Waals surface area contributed by atoms with Crippen LogP contribution >= 0.6 is 10.8 Å². The highest BCUT2D eigenvalue weighted by Crippen LogP contribution is 2.58. The van der Waals surface area contributed by atoms with Crippen LogP contribution in [-0.4, -0.2) is 63.6 Å². The molecule has 8 heteroatoms. The molecule has 28 heavy (non-hydrogen) atoms. The molecular formula is C20H24N2O5S. The number of rotatable bonds is 6. The summed E-state index contributed by atoms with van der Waals surface area (Å²) in [6.45, 7) is 2.36. The average Bonchev–Trinajstić information content (AvgIpc) is 3.22. The molecule has 7 nitrogen and oxygen atoms in total. The molecule has 4 rings (SSSR count). The van der Waals surface area contributed by atoms with E-state index >= 15 is 0 Å². The molecule has 0 radical (unpaired) electrons. The molecule has 2 heterocycles. The monoisotopic (exact) mass is 404 g/mol. The van der Waals surface area contributed by atoms with Gasteiger partial charge in [0.1, 0.15) is 6.10 Å². The fourth-order valence-corrected chi connectivity index (χ4v) is 5.32. The van der Waals surface area contributed by atoms with Crippen molar-refractivity contribution in [3.05, 3.63) is 54.1 Å². The standard InChI is InChI=1S/C20H24N2O5S/c1-26-17-7-3-4-8-18(17)27-15-10-11-21(14-15)12-13-22-20(23)16-6-2-5-9-19(16)28(22,24)25/h2-9,15,24-25H,10-14H2,1H3. The normalized spacial score (nSPS) is 22.2. The Hall–Kier alpha value is -2.26. The Labute approximate surface area is 166 Å². The maximum Gasteiger partial charge on any atom is 0.274 e. The molecule has 2 aromatic rings. The van der Waals surface area contributed by atoms with E-state index < -0.39 is 10.8 Å². The van der Waals surface area contributed by atoms with E-state index in [4.69, 9.17) is 9.47 Å². The molecule has 0 spiro atoms. The van der Waals surface area contributed by atoms with Gasteiger partial charge in [-0.3, -0.25) is 18.8 Å². The molecule has 2 aliphatic heterocycles. The lowest BCUT2D eigenvalue weighted by molar-refractivity contribution is 0.0852. The third-order valence-electron chi connectivity index (χ3n) is 5.16. The number of likely N-dealkylation sites (tertiary alicyclic amines) is 1. The van der Waals surface area contributed by atoms with Gasteiger partial charge >= 0.3 is 0 Å². The maximum atomic E-state index is 12.6. The maximum absolute atomic E-state index is 12.6. The van der Waals surface area contributed by atoms with Crippen molar-refractivity contribution in [3.63, 3.8) is 0 Å². The van der Waals surface area contributed by atoms with Gasteiger partial charge in [-0.1, -0.05) is 35.0 Å². The molecule has 2 aromatic carbocycles. The molecule has 1 atom stereocenters. The first-order valence-corrected chi connectivity index (χ1v) is 10.7. The summed E-state index contributed by atoms with van der Waals surface area (Å²) in [7, 11) is -1.63. The fraction of sp³-hybridized carbons (Fsp3) is 0.350. The first-order chi connectivity index (χ1) is 13.5. The van der Waals surface area contributed by atoms with Gasteiger partial charge in [-0.2, -0.15) is 0 Å². The van der Waals surface area contributed by atoms with Crippen LogP contribution in [0.25, 0.3) is 0 Å². The van der Waals surface area contributed by atoms with Crippen LogP contribution in [0.15, 0.2) is 53.4 Å². The van der Waals surface area contributed by atoms with Crippen molar-refractivity contribution in [1.29, 1.82) is 0 Å². The van der Waals surface area contributed by atoms with Gasteiger partial charge < -0.3 is 9.47 Å². The zero-order chi connectivity index (χ0) is 19.7. The number of hydrogen-bond acceptors (Lipinski definition) is 6. The topological polar surface area (TPSA) is 82.5 Å². The molecule has 0 bridgehead atoms. The number of fused-ring (bicyclic) bond motifs is 1. The Bertz CT molecular complexity index is 875. The molecule has 2 aliphatic rings. The van der Waals surface area contributed by atoms with Gasteiger partial charge in [0.15, 0.2) is 11.5 Å². The van der Waals surface area contributed by atoms with Gasteiger partial charge in [0.25, 0.3) is 5.91 Å². The van der Waals surface area contributed by atoms with Crippen LogP contribution < -0.4 is 9.47 Å². The second-order valence-corrected chi connectivity index (χ2v) is 8.82. The number of para-hydroxylation sites is 2. The van der Waals surface area contributed by atoms with Crippen LogP contribution in [0.2, 0.25) is 0 Å². The van der Waals surface area contributed by atoms with E-state index in [1.165, 1.54) is 4.31 Å². The Morgan fingerprint density at radius 3 is 2.54 bits per heavy atom. The van der Waals surface area contributed by atoms with Crippen LogP contribution in [0.4, 0.5) is 0 Å². The first kappa shape index (κ1) is 19.1. The van der Waals surface area contributed by atoms with Crippen LogP contribution in [-0.2, 0) is 0 Å². The summed E-state index contributed by atoms with van der Waals surface area (Å²) < 4.78 is 33.7. The minimum absolute atomic E-state index is 0.0307. The Balaban J connectivity index is 1.35. The summed E-state index contributed by atoms with van der Waals surface area (Å²) in [4.78, 5) is 15.1. The highest BCUT2D eigenvalue weighted by Gasteiger charge is 2.41. The summed E-state index contributed by atoms with van der Waals surface area (Å²) in [5.41, 5.74) is 0.376. The molecule has 150 valence electrons. The van der Waals surface area contributed by atoms with Gasteiger partial charge in [-0.05, 0) is 30.7 Å². The Morgan fingerprint density at radius 1 is 1.07 bits per heavy atom. The third kappa shape index (κ3) is 3.44. The second kappa shape index (κ2) is 7.63. The van der Waals surface area contributed by atoms with E-state index in [1.807, 2.05) is 24.3 Å². The molecule has 0 aromatic heterocycles. The SMILES string of the molecule is COc1ccccc1OC1CCN(CCN2C(=O)c3ccccc3S2(O)O)C1. The summed E-state index contributed by atoms with van der Waals surface area (Å²) in [5.74, 6) is 1.10. The number of amides is 1. The number of benzene rings is 2. The number of carbonyl (C=O) groups is 1. The predicted molar refractivity (Wildman–Crippen MR) is 107 cm³/mol. The number of ether oxygens (including phenoxy) is 2. The number of nitrogens with zero attached hydrogens (tertiary/aromatic N) is 2. The molecule has 1 saturated heterocycles. The van der Waals surface area contributed by atoms with Crippen LogP contribution in [0, 0.1) is 0 Å². The first-order valence-electron chi connectivity index (χ1n) is 9.22. The largest absolute Gasteiger partial charge is 0.493 e. The van der Waals surface area contributed by atoms with Crippen LogP contribution in [0.5, 0.6) is 11.5 Å². The number of methoxy groups -OCH3 is 1. The average molecular weight is 404 g/mol. The van der Waals surface area contributed by atoms with Gasteiger partial charge in [-0.25, -0.2) is 4.31 Å². The van der Waals surface area contributed by atoms with Crippen LogP contribution in [0.3, 0.4) is 0 Å². The van der Waals surface area contributed by atoms with E-state index in [1.54, 1.807) is 31.4 Å².